The largest absolute Gasteiger partial charge is 0.456 e. The minimum Gasteiger partial charge on any atom is -0.456 e. The van der Waals surface area contributed by atoms with E-state index >= 15 is 0 Å². The SMILES string of the molecule is Cc1noc(C)c1CSc1ccccc1C(=O)OCc1ccccn1. The molecule has 0 unspecified atom stereocenters. The number of ether oxygens (including phenoxy) is 1. The molecule has 3 aromatic rings. The van der Waals surface area contributed by atoms with Gasteiger partial charge in [0.2, 0.25) is 0 Å². The summed E-state index contributed by atoms with van der Waals surface area (Å²) in [6.45, 7) is 3.96. The number of hydrogen-bond acceptors (Lipinski definition) is 6. The molecule has 0 bridgehead atoms. The summed E-state index contributed by atoms with van der Waals surface area (Å²) < 4.78 is 10.6. The van der Waals surface area contributed by atoms with E-state index in [-0.39, 0.29) is 12.6 Å². The normalized spacial score (nSPS) is 10.6. The molecule has 0 N–H and O–H groups in total. The maximum Gasteiger partial charge on any atom is 0.339 e. The highest BCUT2D eigenvalue weighted by Crippen LogP contribution is 2.29. The van der Waals surface area contributed by atoms with Gasteiger partial charge in [-0.25, -0.2) is 4.79 Å². The average Bonchev–Trinajstić information content (AvgIpc) is 2.97. The first-order valence-corrected chi connectivity index (χ1v) is 8.84. The highest BCUT2D eigenvalue weighted by molar-refractivity contribution is 7.98. The van der Waals surface area contributed by atoms with Gasteiger partial charge >= 0.3 is 5.97 Å². The summed E-state index contributed by atoms with van der Waals surface area (Å²) in [7, 11) is 0. The molecule has 5 nitrogen and oxygen atoms in total. The van der Waals surface area contributed by atoms with E-state index in [1.165, 1.54) is 0 Å². The summed E-state index contributed by atoms with van der Waals surface area (Å²) in [6.07, 6.45) is 1.68. The molecule has 128 valence electrons. The summed E-state index contributed by atoms with van der Waals surface area (Å²) in [6, 6.07) is 12.9. The molecule has 0 amide bonds. The lowest BCUT2D eigenvalue weighted by Gasteiger charge is -2.09. The topological polar surface area (TPSA) is 65.2 Å². The Morgan fingerprint density at radius 3 is 2.68 bits per heavy atom. The van der Waals surface area contributed by atoms with Crippen molar-refractivity contribution >= 4 is 17.7 Å². The third-order valence-electron chi connectivity index (χ3n) is 3.74. The van der Waals surface area contributed by atoms with Gasteiger partial charge in [0.25, 0.3) is 0 Å². The molecule has 0 aliphatic carbocycles. The summed E-state index contributed by atoms with van der Waals surface area (Å²) >= 11 is 1.57. The van der Waals surface area contributed by atoms with Gasteiger partial charge in [-0.1, -0.05) is 23.4 Å². The Bertz CT molecular complexity index is 843. The van der Waals surface area contributed by atoms with Crippen molar-refractivity contribution in [1.29, 1.82) is 0 Å². The Morgan fingerprint density at radius 1 is 1.16 bits per heavy atom. The van der Waals surface area contributed by atoms with Gasteiger partial charge in [-0.2, -0.15) is 0 Å². The van der Waals surface area contributed by atoms with Crippen LogP contribution in [0.3, 0.4) is 0 Å². The summed E-state index contributed by atoms with van der Waals surface area (Å²) in [5.41, 5.74) is 3.20. The van der Waals surface area contributed by atoms with E-state index in [0.29, 0.717) is 11.3 Å². The van der Waals surface area contributed by atoms with E-state index in [2.05, 4.69) is 10.1 Å². The summed E-state index contributed by atoms with van der Waals surface area (Å²) in [5, 5.41) is 3.96. The molecule has 0 saturated heterocycles. The van der Waals surface area contributed by atoms with Crippen LogP contribution in [0.15, 0.2) is 58.1 Å². The van der Waals surface area contributed by atoms with Gasteiger partial charge in [0.1, 0.15) is 12.4 Å². The predicted octanol–water partition coefficient (Wildman–Crippen LogP) is 4.34. The van der Waals surface area contributed by atoms with Gasteiger partial charge in [-0.05, 0) is 38.1 Å². The van der Waals surface area contributed by atoms with E-state index in [9.17, 15) is 4.79 Å². The summed E-state index contributed by atoms with van der Waals surface area (Å²) in [4.78, 5) is 17.5. The van der Waals surface area contributed by atoms with Crippen LogP contribution in [0.5, 0.6) is 0 Å². The zero-order chi connectivity index (χ0) is 17.6. The van der Waals surface area contributed by atoms with Gasteiger partial charge in [-0.15, -0.1) is 11.8 Å². The highest BCUT2D eigenvalue weighted by atomic mass is 32.2. The van der Waals surface area contributed by atoms with Crippen molar-refractivity contribution in [2.45, 2.75) is 31.1 Å². The molecule has 25 heavy (non-hydrogen) atoms. The summed E-state index contributed by atoms with van der Waals surface area (Å²) in [5.74, 6) is 1.14. The minimum absolute atomic E-state index is 0.155. The smallest absolute Gasteiger partial charge is 0.339 e. The lowest BCUT2D eigenvalue weighted by molar-refractivity contribution is 0.0463. The highest BCUT2D eigenvalue weighted by Gasteiger charge is 2.15. The van der Waals surface area contributed by atoms with Crippen molar-refractivity contribution in [3.8, 4) is 0 Å². The van der Waals surface area contributed by atoms with E-state index in [1.54, 1.807) is 24.0 Å². The van der Waals surface area contributed by atoms with Crippen LogP contribution in [-0.4, -0.2) is 16.1 Å². The van der Waals surface area contributed by atoms with Gasteiger partial charge < -0.3 is 9.26 Å². The number of thioether (sulfide) groups is 1. The molecule has 0 saturated carbocycles. The number of aromatic nitrogens is 2. The Labute approximate surface area is 150 Å². The lowest BCUT2D eigenvalue weighted by Crippen LogP contribution is -2.07. The Balaban J connectivity index is 1.69. The van der Waals surface area contributed by atoms with Crippen LogP contribution in [0, 0.1) is 13.8 Å². The van der Waals surface area contributed by atoms with Crippen LogP contribution in [-0.2, 0) is 17.1 Å². The quantitative estimate of drug-likeness (QED) is 0.485. The molecule has 0 aliphatic rings. The maximum atomic E-state index is 12.4. The molecule has 0 aliphatic heterocycles. The molecule has 2 heterocycles. The standard InChI is InChI=1S/C19H18N2O3S/c1-13-17(14(2)24-21-13)12-25-18-9-4-3-8-16(18)19(22)23-11-15-7-5-6-10-20-15/h3-10H,11-12H2,1-2H3. The number of carbonyl (C=O) groups is 1. The van der Waals surface area contributed by atoms with Crippen molar-refractivity contribution in [3.63, 3.8) is 0 Å². The Kier molecular flexibility index (Phi) is 5.50. The molecule has 0 spiro atoms. The molecule has 0 radical (unpaired) electrons. The molecule has 0 atom stereocenters. The third-order valence-corrected chi connectivity index (χ3v) is 4.84. The van der Waals surface area contributed by atoms with Crippen LogP contribution >= 0.6 is 11.8 Å². The first kappa shape index (κ1) is 17.2. The number of carbonyl (C=O) groups excluding carboxylic acids is 1. The molecule has 0 fully saturated rings. The minimum atomic E-state index is -0.354. The fourth-order valence-corrected chi connectivity index (χ4v) is 3.51. The van der Waals surface area contributed by atoms with Gasteiger partial charge in [0.05, 0.1) is 17.0 Å². The maximum absolute atomic E-state index is 12.4. The zero-order valence-corrected chi connectivity index (χ0v) is 14.9. The lowest BCUT2D eigenvalue weighted by atomic mass is 10.2. The fourth-order valence-electron chi connectivity index (χ4n) is 2.32. The van der Waals surface area contributed by atoms with E-state index in [4.69, 9.17) is 9.26 Å². The number of benzene rings is 1. The van der Waals surface area contributed by atoms with Gasteiger partial charge in [0, 0.05) is 22.4 Å². The van der Waals surface area contributed by atoms with E-state index in [1.807, 2.05) is 50.2 Å². The van der Waals surface area contributed by atoms with Crippen LogP contribution < -0.4 is 0 Å². The predicted molar refractivity (Wildman–Crippen MR) is 95.3 cm³/mol. The first-order valence-electron chi connectivity index (χ1n) is 7.85. The molecular weight excluding hydrogens is 336 g/mol. The fraction of sp³-hybridized carbons (Fsp3) is 0.211. The van der Waals surface area contributed by atoms with Crippen molar-refractivity contribution in [2.75, 3.05) is 0 Å². The molecular formula is C19H18N2O3S. The van der Waals surface area contributed by atoms with Gasteiger partial charge in [0.15, 0.2) is 0 Å². The Hall–Kier alpha value is -2.60. The van der Waals surface area contributed by atoms with Crippen LogP contribution in [0.4, 0.5) is 0 Å². The average molecular weight is 354 g/mol. The molecule has 6 heteroatoms. The van der Waals surface area contributed by atoms with Crippen molar-refractivity contribution in [3.05, 3.63) is 76.9 Å². The second kappa shape index (κ2) is 7.98. The number of nitrogens with zero attached hydrogens (tertiary/aromatic N) is 2. The number of rotatable bonds is 6. The zero-order valence-electron chi connectivity index (χ0n) is 14.1. The van der Waals surface area contributed by atoms with E-state index in [0.717, 1.165) is 27.6 Å². The first-order chi connectivity index (χ1) is 12.1. The third kappa shape index (κ3) is 4.28. The monoisotopic (exact) mass is 354 g/mol. The van der Waals surface area contributed by atoms with Crippen molar-refractivity contribution in [1.82, 2.24) is 10.1 Å². The van der Waals surface area contributed by atoms with Gasteiger partial charge in [-0.3, -0.25) is 4.98 Å². The van der Waals surface area contributed by atoms with Crippen molar-refractivity contribution in [2.24, 2.45) is 0 Å². The number of esters is 1. The molecule has 1 aromatic carbocycles. The van der Waals surface area contributed by atoms with Crippen molar-refractivity contribution < 1.29 is 14.1 Å². The number of pyridine rings is 1. The second-order valence-corrected chi connectivity index (χ2v) is 6.50. The Morgan fingerprint density at radius 2 is 1.96 bits per heavy atom. The number of aryl methyl sites for hydroxylation is 2. The van der Waals surface area contributed by atoms with Crippen LogP contribution in [0.25, 0.3) is 0 Å². The van der Waals surface area contributed by atoms with Crippen LogP contribution in [0.1, 0.15) is 33.1 Å². The van der Waals surface area contributed by atoms with E-state index < -0.39 is 0 Å². The number of hydrogen-bond donors (Lipinski definition) is 0. The van der Waals surface area contributed by atoms with Crippen LogP contribution in [0.2, 0.25) is 0 Å². The molecule has 2 aromatic heterocycles. The second-order valence-electron chi connectivity index (χ2n) is 5.48. The molecule has 3 rings (SSSR count).